The van der Waals surface area contributed by atoms with Crippen molar-refractivity contribution in [2.75, 3.05) is 6.54 Å². The van der Waals surface area contributed by atoms with E-state index in [1.807, 2.05) is 0 Å². The molecule has 0 spiro atoms. The predicted octanol–water partition coefficient (Wildman–Crippen LogP) is 1.51. The van der Waals surface area contributed by atoms with Gasteiger partial charge in [0.2, 0.25) is 0 Å². The van der Waals surface area contributed by atoms with Crippen LogP contribution in [0.2, 0.25) is 0 Å². The van der Waals surface area contributed by atoms with Crippen molar-refractivity contribution >= 4 is 10.2 Å². The Morgan fingerprint density at radius 2 is 1.94 bits per heavy atom. The molecule has 0 fully saturated rings. The highest BCUT2D eigenvalue weighted by Gasteiger charge is 2.31. The SMILES string of the molecule is NS(=O)(=O)NCC(F)c1cccc(C(F)(F)F)c1. The first kappa shape index (κ1) is 14.9. The summed E-state index contributed by atoms with van der Waals surface area (Å²) in [4.78, 5) is 0. The summed E-state index contributed by atoms with van der Waals surface area (Å²) in [6, 6.07) is 3.59. The van der Waals surface area contributed by atoms with Gasteiger partial charge in [-0.05, 0) is 17.7 Å². The fraction of sp³-hybridized carbons (Fsp3) is 0.333. The summed E-state index contributed by atoms with van der Waals surface area (Å²) in [6.07, 6.45) is -6.49. The van der Waals surface area contributed by atoms with Crippen molar-refractivity contribution in [3.05, 3.63) is 35.4 Å². The Kier molecular flexibility index (Phi) is 4.30. The van der Waals surface area contributed by atoms with Crippen LogP contribution in [-0.4, -0.2) is 15.0 Å². The van der Waals surface area contributed by atoms with Crippen molar-refractivity contribution in [1.29, 1.82) is 0 Å². The predicted molar refractivity (Wildman–Crippen MR) is 56.4 cm³/mol. The van der Waals surface area contributed by atoms with Crippen LogP contribution in [-0.2, 0) is 16.4 Å². The normalized spacial score (nSPS) is 14.5. The molecule has 1 aromatic carbocycles. The highest BCUT2D eigenvalue weighted by molar-refractivity contribution is 7.87. The molecule has 102 valence electrons. The molecule has 0 aromatic heterocycles. The minimum atomic E-state index is -4.58. The average Bonchev–Trinajstić information content (AvgIpc) is 2.24. The lowest BCUT2D eigenvalue weighted by Gasteiger charge is -2.12. The van der Waals surface area contributed by atoms with E-state index in [1.54, 1.807) is 4.72 Å². The van der Waals surface area contributed by atoms with Gasteiger partial charge in [0.25, 0.3) is 10.2 Å². The molecule has 18 heavy (non-hydrogen) atoms. The van der Waals surface area contributed by atoms with Crippen molar-refractivity contribution in [2.45, 2.75) is 12.3 Å². The molecule has 4 nitrogen and oxygen atoms in total. The van der Waals surface area contributed by atoms with Gasteiger partial charge in [-0.15, -0.1) is 0 Å². The van der Waals surface area contributed by atoms with Crippen LogP contribution in [0.4, 0.5) is 17.6 Å². The van der Waals surface area contributed by atoms with Gasteiger partial charge in [-0.3, -0.25) is 0 Å². The standard InChI is InChI=1S/C9H10F4N2O2S/c10-8(5-15-18(14,16)17)6-2-1-3-7(4-6)9(11,12)13/h1-4,8,15H,5H2,(H2,14,16,17). The molecule has 1 unspecified atom stereocenters. The molecule has 0 saturated heterocycles. The Bertz CT molecular complexity index is 516. The maximum atomic E-state index is 13.5. The van der Waals surface area contributed by atoms with E-state index in [4.69, 9.17) is 0 Å². The van der Waals surface area contributed by atoms with Crippen LogP contribution in [0, 0.1) is 0 Å². The summed E-state index contributed by atoms with van der Waals surface area (Å²) < 4.78 is 73.2. The highest BCUT2D eigenvalue weighted by atomic mass is 32.2. The van der Waals surface area contributed by atoms with Crippen LogP contribution in [0.1, 0.15) is 17.3 Å². The molecule has 0 amide bonds. The Morgan fingerprint density at radius 1 is 1.33 bits per heavy atom. The van der Waals surface area contributed by atoms with Gasteiger partial charge in [-0.1, -0.05) is 12.1 Å². The number of rotatable bonds is 4. The largest absolute Gasteiger partial charge is 0.416 e. The summed E-state index contributed by atoms with van der Waals surface area (Å²) in [5.41, 5.74) is -1.28. The van der Waals surface area contributed by atoms with Gasteiger partial charge in [-0.2, -0.15) is 26.3 Å². The molecule has 1 atom stereocenters. The zero-order valence-electron chi connectivity index (χ0n) is 8.91. The quantitative estimate of drug-likeness (QED) is 0.823. The van der Waals surface area contributed by atoms with Crippen molar-refractivity contribution in [3.8, 4) is 0 Å². The Morgan fingerprint density at radius 3 is 2.44 bits per heavy atom. The van der Waals surface area contributed by atoms with Crippen LogP contribution in [0.3, 0.4) is 0 Å². The molecule has 0 aliphatic rings. The van der Waals surface area contributed by atoms with Gasteiger partial charge in [0.1, 0.15) is 6.17 Å². The first-order chi connectivity index (χ1) is 8.09. The number of alkyl halides is 4. The number of nitrogens with one attached hydrogen (secondary N) is 1. The Hall–Kier alpha value is -1.19. The fourth-order valence-corrected chi connectivity index (χ4v) is 1.60. The molecular weight excluding hydrogens is 276 g/mol. The lowest BCUT2D eigenvalue weighted by molar-refractivity contribution is -0.137. The number of benzene rings is 1. The summed E-state index contributed by atoms with van der Waals surface area (Å²) in [5.74, 6) is 0. The lowest BCUT2D eigenvalue weighted by atomic mass is 10.1. The second-order valence-electron chi connectivity index (χ2n) is 3.48. The van der Waals surface area contributed by atoms with E-state index >= 15 is 0 Å². The number of hydrogen-bond acceptors (Lipinski definition) is 2. The van der Waals surface area contributed by atoms with Gasteiger partial charge < -0.3 is 0 Å². The second kappa shape index (κ2) is 5.21. The zero-order chi connectivity index (χ0) is 14.0. The third-order valence-corrected chi connectivity index (χ3v) is 2.61. The summed E-state index contributed by atoms with van der Waals surface area (Å²) in [7, 11) is -4.08. The van der Waals surface area contributed by atoms with E-state index in [0.717, 1.165) is 18.2 Å². The molecule has 3 N–H and O–H groups in total. The fourth-order valence-electron chi connectivity index (χ4n) is 1.22. The van der Waals surface area contributed by atoms with E-state index in [2.05, 4.69) is 5.14 Å². The van der Waals surface area contributed by atoms with E-state index in [9.17, 15) is 26.0 Å². The third-order valence-electron chi connectivity index (χ3n) is 2.04. The number of hydrogen-bond donors (Lipinski definition) is 2. The summed E-state index contributed by atoms with van der Waals surface area (Å²) >= 11 is 0. The van der Waals surface area contributed by atoms with Crippen LogP contribution in [0.25, 0.3) is 0 Å². The van der Waals surface area contributed by atoms with Crippen LogP contribution in [0.15, 0.2) is 24.3 Å². The Labute approximate surface area is 101 Å². The van der Waals surface area contributed by atoms with Crippen LogP contribution in [0.5, 0.6) is 0 Å². The first-order valence-corrected chi connectivity index (χ1v) is 6.23. The summed E-state index contributed by atoms with van der Waals surface area (Å²) in [6.45, 7) is -0.722. The van der Waals surface area contributed by atoms with E-state index < -0.39 is 34.7 Å². The van der Waals surface area contributed by atoms with Gasteiger partial charge in [0, 0.05) is 6.54 Å². The Balaban J connectivity index is 2.84. The van der Waals surface area contributed by atoms with Crippen molar-refractivity contribution < 1.29 is 26.0 Å². The molecule has 0 heterocycles. The maximum absolute atomic E-state index is 13.5. The van der Waals surface area contributed by atoms with E-state index in [0.29, 0.717) is 6.07 Å². The molecule has 0 bridgehead atoms. The first-order valence-electron chi connectivity index (χ1n) is 4.68. The molecule has 0 radical (unpaired) electrons. The molecule has 9 heteroatoms. The van der Waals surface area contributed by atoms with Gasteiger partial charge in [0.15, 0.2) is 0 Å². The molecular formula is C9H10F4N2O2S. The van der Waals surface area contributed by atoms with Crippen molar-refractivity contribution in [2.24, 2.45) is 5.14 Å². The van der Waals surface area contributed by atoms with Gasteiger partial charge >= 0.3 is 6.18 Å². The topological polar surface area (TPSA) is 72.2 Å². The minimum Gasteiger partial charge on any atom is -0.241 e. The van der Waals surface area contributed by atoms with Crippen molar-refractivity contribution in [3.63, 3.8) is 0 Å². The molecule has 1 rings (SSSR count). The molecule has 0 aliphatic carbocycles. The summed E-state index contributed by atoms with van der Waals surface area (Å²) in [5, 5.41) is 4.58. The lowest BCUT2D eigenvalue weighted by Crippen LogP contribution is -2.33. The van der Waals surface area contributed by atoms with Crippen LogP contribution >= 0.6 is 0 Å². The average molecular weight is 286 g/mol. The maximum Gasteiger partial charge on any atom is 0.416 e. The molecule has 0 saturated carbocycles. The van der Waals surface area contributed by atoms with E-state index in [1.165, 1.54) is 0 Å². The number of nitrogens with two attached hydrogens (primary N) is 1. The molecule has 1 aromatic rings. The minimum absolute atomic E-state index is 0.277. The highest BCUT2D eigenvalue weighted by Crippen LogP contribution is 2.31. The number of halogens is 4. The zero-order valence-corrected chi connectivity index (χ0v) is 9.72. The van der Waals surface area contributed by atoms with E-state index in [-0.39, 0.29) is 5.56 Å². The van der Waals surface area contributed by atoms with Gasteiger partial charge in [-0.25, -0.2) is 9.53 Å². The second-order valence-corrected chi connectivity index (χ2v) is 4.86. The monoisotopic (exact) mass is 286 g/mol. The van der Waals surface area contributed by atoms with Crippen molar-refractivity contribution in [1.82, 2.24) is 4.72 Å². The van der Waals surface area contributed by atoms with Crippen LogP contribution < -0.4 is 9.86 Å². The smallest absolute Gasteiger partial charge is 0.241 e. The third kappa shape index (κ3) is 4.59. The molecule has 0 aliphatic heterocycles. The van der Waals surface area contributed by atoms with Gasteiger partial charge in [0.05, 0.1) is 5.56 Å².